The van der Waals surface area contributed by atoms with Crippen molar-refractivity contribution in [1.82, 2.24) is 9.88 Å². The maximum Gasteiger partial charge on any atom is 0.107 e. The van der Waals surface area contributed by atoms with E-state index in [2.05, 4.69) is 16.5 Å². The van der Waals surface area contributed by atoms with Crippen LogP contribution in [0.15, 0.2) is 24.2 Å². The van der Waals surface area contributed by atoms with E-state index in [-0.39, 0.29) is 0 Å². The predicted molar refractivity (Wildman–Crippen MR) is 79.8 cm³/mol. The Bertz CT molecular complexity index is 424. The van der Waals surface area contributed by atoms with Gasteiger partial charge in [-0.15, -0.1) is 17.9 Å². The number of hydrogen-bond donors (Lipinski definition) is 0. The summed E-state index contributed by atoms with van der Waals surface area (Å²) in [6.07, 6.45) is 6.37. The molecule has 1 unspecified atom stereocenters. The maximum absolute atomic E-state index is 5.95. The third-order valence-corrected chi connectivity index (χ3v) is 4.92. The van der Waals surface area contributed by atoms with Crippen molar-refractivity contribution in [2.24, 2.45) is 5.92 Å². The zero-order valence-corrected chi connectivity index (χ0v) is 12.6. The first-order valence-electron chi connectivity index (χ1n) is 7.29. The first kappa shape index (κ1) is 14.2. The highest BCUT2D eigenvalue weighted by Gasteiger charge is 2.41. The third kappa shape index (κ3) is 3.28. The lowest BCUT2D eigenvalue weighted by atomic mass is 10.1. The topological polar surface area (TPSA) is 34.6 Å². The van der Waals surface area contributed by atoms with Gasteiger partial charge in [0.15, 0.2) is 0 Å². The second-order valence-electron chi connectivity index (χ2n) is 5.54. The monoisotopic (exact) mass is 294 g/mol. The van der Waals surface area contributed by atoms with Gasteiger partial charge in [0.2, 0.25) is 0 Å². The summed E-state index contributed by atoms with van der Waals surface area (Å²) in [6, 6.07) is 0.532. The van der Waals surface area contributed by atoms with Gasteiger partial charge in [0.25, 0.3) is 0 Å². The van der Waals surface area contributed by atoms with Crippen LogP contribution in [0.25, 0.3) is 0 Å². The average Bonchev–Trinajstić information content (AvgIpc) is 3.08. The largest absolute Gasteiger partial charge is 0.377 e. The number of morpholine rings is 1. The molecular formula is C15H22N2O2S. The molecule has 0 aromatic carbocycles. The van der Waals surface area contributed by atoms with Crippen molar-refractivity contribution in [2.45, 2.75) is 31.5 Å². The van der Waals surface area contributed by atoms with Gasteiger partial charge in [-0.25, -0.2) is 4.98 Å². The van der Waals surface area contributed by atoms with Crippen molar-refractivity contribution >= 4 is 11.3 Å². The van der Waals surface area contributed by atoms with Crippen LogP contribution in [0.4, 0.5) is 0 Å². The average molecular weight is 294 g/mol. The number of hydrogen-bond acceptors (Lipinski definition) is 5. The lowest BCUT2D eigenvalue weighted by Gasteiger charge is -2.37. The maximum atomic E-state index is 5.95. The number of thiazole rings is 1. The second kappa shape index (κ2) is 6.80. The zero-order chi connectivity index (χ0) is 13.8. The van der Waals surface area contributed by atoms with Gasteiger partial charge in [-0.3, -0.25) is 4.90 Å². The van der Waals surface area contributed by atoms with Gasteiger partial charge in [0.05, 0.1) is 25.9 Å². The van der Waals surface area contributed by atoms with E-state index in [9.17, 15) is 0 Å². The minimum atomic E-state index is 0.376. The summed E-state index contributed by atoms with van der Waals surface area (Å²) in [5, 5.41) is 3.26. The van der Waals surface area contributed by atoms with Crippen LogP contribution >= 0.6 is 11.3 Å². The molecule has 5 heteroatoms. The molecule has 0 N–H and O–H groups in total. The first-order chi connectivity index (χ1) is 9.86. The molecule has 0 bridgehead atoms. The van der Waals surface area contributed by atoms with Gasteiger partial charge in [0.1, 0.15) is 5.01 Å². The Hall–Kier alpha value is -0.750. The lowest BCUT2D eigenvalue weighted by molar-refractivity contribution is -0.0591. The fraction of sp³-hybridized carbons (Fsp3) is 0.667. The highest BCUT2D eigenvalue weighted by atomic mass is 32.1. The van der Waals surface area contributed by atoms with E-state index in [1.807, 2.05) is 17.7 Å². The summed E-state index contributed by atoms with van der Waals surface area (Å²) in [5.41, 5.74) is 0. The van der Waals surface area contributed by atoms with Crippen LogP contribution in [0.2, 0.25) is 0 Å². The van der Waals surface area contributed by atoms with Crippen LogP contribution in [0.1, 0.15) is 17.8 Å². The molecule has 4 nitrogen and oxygen atoms in total. The molecule has 110 valence electrons. The molecule has 1 aromatic heterocycles. The molecule has 3 rings (SSSR count). The SMILES string of the molecule is C=CCOCC1C[C@@H]2[C@@H](C1)OCCN2Cc1nccs1. The number of rotatable bonds is 6. The Morgan fingerprint density at radius 3 is 3.30 bits per heavy atom. The van der Waals surface area contributed by atoms with Crippen LogP contribution in [0.3, 0.4) is 0 Å². The fourth-order valence-corrected chi connectivity index (χ4v) is 3.92. The van der Waals surface area contributed by atoms with Crippen LogP contribution in [-0.4, -0.2) is 48.4 Å². The van der Waals surface area contributed by atoms with Gasteiger partial charge in [-0.2, -0.15) is 0 Å². The van der Waals surface area contributed by atoms with E-state index in [0.29, 0.717) is 24.7 Å². The quantitative estimate of drug-likeness (QED) is 0.596. The summed E-state index contributed by atoms with van der Waals surface area (Å²) in [5.74, 6) is 0.613. The molecule has 1 aliphatic heterocycles. The molecule has 0 radical (unpaired) electrons. The molecule has 2 fully saturated rings. The second-order valence-corrected chi connectivity index (χ2v) is 6.52. The molecular weight excluding hydrogens is 272 g/mol. The Kier molecular flexibility index (Phi) is 4.83. The number of nitrogens with zero attached hydrogens (tertiary/aromatic N) is 2. The zero-order valence-electron chi connectivity index (χ0n) is 11.7. The van der Waals surface area contributed by atoms with E-state index in [4.69, 9.17) is 9.47 Å². The highest BCUT2D eigenvalue weighted by Crippen LogP contribution is 2.35. The number of ether oxygens (including phenoxy) is 2. The smallest absolute Gasteiger partial charge is 0.107 e. The van der Waals surface area contributed by atoms with E-state index < -0.39 is 0 Å². The van der Waals surface area contributed by atoms with Crippen LogP contribution in [-0.2, 0) is 16.0 Å². The molecule has 3 atom stereocenters. The van der Waals surface area contributed by atoms with Crippen LogP contribution < -0.4 is 0 Å². The Morgan fingerprint density at radius 1 is 1.55 bits per heavy atom. The molecule has 1 aromatic rings. The molecule has 2 heterocycles. The summed E-state index contributed by atoms with van der Waals surface area (Å²) >= 11 is 1.74. The molecule has 1 aliphatic carbocycles. The fourth-order valence-electron chi connectivity index (χ4n) is 3.28. The third-order valence-electron chi connectivity index (χ3n) is 4.16. The molecule has 0 spiro atoms. The first-order valence-corrected chi connectivity index (χ1v) is 8.17. The van der Waals surface area contributed by atoms with Crippen LogP contribution in [0.5, 0.6) is 0 Å². The lowest BCUT2D eigenvalue weighted by Crippen LogP contribution is -2.47. The standard InChI is InChI=1S/C15H22N2O2S/c1-2-5-18-11-12-8-13-14(9-12)19-6-4-17(13)10-15-16-3-7-20-15/h2-3,7,12-14H,1,4-6,8-11H2/t12?,13-,14-/m1/s1. The Balaban J connectivity index is 1.56. The predicted octanol–water partition coefficient (Wildman–Crippen LogP) is 2.33. The minimum Gasteiger partial charge on any atom is -0.377 e. The summed E-state index contributed by atoms with van der Waals surface area (Å²) in [6.45, 7) is 7.98. The highest BCUT2D eigenvalue weighted by molar-refractivity contribution is 7.09. The number of aromatic nitrogens is 1. The van der Waals surface area contributed by atoms with Gasteiger partial charge in [-0.1, -0.05) is 6.08 Å². The van der Waals surface area contributed by atoms with Crippen molar-refractivity contribution in [3.05, 3.63) is 29.2 Å². The van der Waals surface area contributed by atoms with Crippen LogP contribution in [0, 0.1) is 5.92 Å². The van der Waals surface area contributed by atoms with Gasteiger partial charge in [-0.05, 0) is 18.8 Å². The molecule has 2 aliphatic rings. The van der Waals surface area contributed by atoms with Crippen molar-refractivity contribution in [2.75, 3.05) is 26.4 Å². The summed E-state index contributed by atoms with van der Waals surface area (Å²) in [7, 11) is 0. The molecule has 0 amide bonds. The molecule has 1 saturated heterocycles. The summed E-state index contributed by atoms with van der Waals surface area (Å²) in [4.78, 5) is 6.95. The van der Waals surface area contributed by atoms with E-state index >= 15 is 0 Å². The Labute approximate surface area is 124 Å². The Morgan fingerprint density at radius 2 is 2.50 bits per heavy atom. The van der Waals surface area contributed by atoms with E-state index in [0.717, 1.165) is 32.7 Å². The van der Waals surface area contributed by atoms with Crippen molar-refractivity contribution in [3.63, 3.8) is 0 Å². The minimum absolute atomic E-state index is 0.376. The van der Waals surface area contributed by atoms with Crippen molar-refractivity contribution in [1.29, 1.82) is 0 Å². The van der Waals surface area contributed by atoms with Crippen molar-refractivity contribution < 1.29 is 9.47 Å². The van der Waals surface area contributed by atoms with Crippen molar-refractivity contribution in [3.8, 4) is 0 Å². The normalized spacial score (nSPS) is 30.3. The van der Waals surface area contributed by atoms with E-state index in [1.54, 1.807) is 11.3 Å². The summed E-state index contributed by atoms with van der Waals surface area (Å²) < 4.78 is 11.6. The molecule has 1 saturated carbocycles. The van der Waals surface area contributed by atoms with E-state index in [1.165, 1.54) is 11.4 Å². The molecule has 20 heavy (non-hydrogen) atoms. The van der Waals surface area contributed by atoms with Gasteiger partial charge < -0.3 is 9.47 Å². The van der Waals surface area contributed by atoms with Gasteiger partial charge >= 0.3 is 0 Å². The van der Waals surface area contributed by atoms with Gasteiger partial charge in [0, 0.05) is 30.8 Å². The number of fused-ring (bicyclic) bond motifs is 1.